The van der Waals surface area contributed by atoms with Crippen molar-refractivity contribution in [3.63, 3.8) is 0 Å². The van der Waals surface area contributed by atoms with Crippen molar-refractivity contribution in [2.24, 2.45) is 5.92 Å². The third-order valence-electron chi connectivity index (χ3n) is 3.35. The maximum Gasteiger partial charge on any atom is 0.160 e. The Kier molecular flexibility index (Phi) is 4.46. The summed E-state index contributed by atoms with van der Waals surface area (Å²) in [4.78, 5) is 8.88. The Morgan fingerprint density at radius 1 is 1.33 bits per heavy atom. The Bertz CT molecular complexity index is 532. The molecule has 18 heavy (non-hydrogen) atoms. The maximum atomic E-state index is 5.97. The maximum absolute atomic E-state index is 5.97. The van der Waals surface area contributed by atoms with Crippen LogP contribution in [0.1, 0.15) is 32.5 Å². The Morgan fingerprint density at radius 2 is 2.06 bits per heavy atom. The number of aromatic nitrogens is 3. The molecule has 0 spiro atoms. The van der Waals surface area contributed by atoms with Gasteiger partial charge in [-0.25, -0.2) is 9.97 Å². The highest BCUT2D eigenvalue weighted by atomic mass is 35.5. The smallest absolute Gasteiger partial charge is 0.160 e. The van der Waals surface area contributed by atoms with Crippen LogP contribution in [0.2, 0.25) is 5.02 Å². The number of halogens is 2. The molecule has 0 aromatic carbocycles. The fourth-order valence-electron chi connectivity index (χ4n) is 2.13. The molecule has 0 saturated carbocycles. The molecule has 2 heterocycles. The van der Waals surface area contributed by atoms with E-state index in [4.69, 9.17) is 23.2 Å². The molecule has 0 amide bonds. The van der Waals surface area contributed by atoms with E-state index >= 15 is 0 Å². The summed E-state index contributed by atoms with van der Waals surface area (Å²) in [5, 5.41) is 0.607. The lowest BCUT2D eigenvalue weighted by Gasteiger charge is -2.15. The van der Waals surface area contributed by atoms with Gasteiger partial charge >= 0.3 is 0 Å². The van der Waals surface area contributed by atoms with E-state index in [9.17, 15) is 0 Å². The van der Waals surface area contributed by atoms with Crippen LogP contribution in [0.15, 0.2) is 12.3 Å². The Balaban J connectivity index is 2.46. The van der Waals surface area contributed by atoms with Crippen LogP contribution >= 0.6 is 23.2 Å². The Morgan fingerprint density at radius 3 is 2.67 bits per heavy atom. The van der Waals surface area contributed by atoms with Crippen molar-refractivity contribution in [2.45, 2.75) is 39.1 Å². The topological polar surface area (TPSA) is 30.7 Å². The highest BCUT2D eigenvalue weighted by Crippen LogP contribution is 2.22. The summed E-state index contributed by atoms with van der Waals surface area (Å²) in [6, 6.07) is 1.84. The molecule has 2 aromatic heterocycles. The van der Waals surface area contributed by atoms with Crippen LogP contribution in [0, 0.1) is 5.92 Å². The first-order valence-corrected chi connectivity index (χ1v) is 7.17. The third kappa shape index (κ3) is 2.62. The summed E-state index contributed by atoms with van der Waals surface area (Å²) in [6.07, 6.45) is 3.95. The van der Waals surface area contributed by atoms with Gasteiger partial charge in [0, 0.05) is 12.7 Å². The first kappa shape index (κ1) is 13.6. The van der Waals surface area contributed by atoms with Crippen LogP contribution in [-0.4, -0.2) is 14.5 Å². The van der Waals surface area contributed by atoms with Crippen LogP contribution in [-0.2, 0) is 12.4 Å². The van der Waals surface area contributed by atoms with Crippen LogP contribution in [0.3, 0.4) is 0 Å². The van der Waals surface area contributed by atoms with Gasteiger partial charge in [-0.15, -0.1) is 11.6 Å². The van der Waals surface area contributed by atoms with Crippen LogP contribution in [0.4, 0.5) is 0 Å². The molecule has 0 radical (unpaired) electrons. The number of hydrogen-bond donors (Lipinski definition) is 0. The summed E-state index contributed by atoms with van der Waals surface area (Å²) < 4.78 is 2.12. The fraction of sp³-hybridized carbons (Fsp3) is 0.538. The number of fused-ring (bicyclic) bond motifs is 1. The molecule has 0 atom stereocenters. The minimum absolute atomic E-state index is 0.397. The average molecular weight is 286 g/mol. The number of alkyl halides is 1. The minimum atomic E-state index is 0.397. The van der Waals surface area contributed by atoms with Gasteiger partial charge in [0.05, 0.1) is 10.9 Å². The largest absolute Gasteiger partial charge is 0.311 e. The van der Waals surface area contributed by atoms with Crippen molar-refractivity contribution in [1.82, 2.24) is 14.5 Å². The zero-order valence-corrected chi connectivity index (χ0v) is 12.2. The highest BCUT2D eigenvalue weighted by Gasteiger charge is 2.14. The summed E-state index contributed by atoms with van der Waals surface area (Å²) in [5.74, 6) is 1.89. The van der Waals surface area contributed by atoms with E-state index in [1.807, 2.05) is 6.07 Å². The zero-order chi connectivity index (χ0) is 13.1. The van der Waals surface area contributed by atoms with Crippen molar-refractivity contribution in [3.05, 3.63) is 23.1 Å². The van der Waals surface area contributed by atoms with Crippen molar-refractivity contribution in [2.75, 3.05) is 0 Å². The van der Waals surface area contributed by atoms with Gasteiger partial charge < -0.3 is 4.57 Å². The fourth-order valence-corrected chi connectivity index (χ4v) is 2.49. The predicted octanol–water partition coefficient (Wildman–Crippen LogP) is 4.26. The van der Waals surface area contributed by atoms with Crippen molar-refractivity contribution in [3.8, 4) is 0 Å². The lowest BCUT2D eigenvalue weighted by molar-refractivity contribution is 0.418. The van der Waals surface area contributed by atoms with Gasteiger partial charge in [-0.2, -0.15) is 0 Å². The van der Waals surface area contributed by atoms with Crippen LogP contribution < -0.4 is 0 Å². The second kappa shape index (κ2) is 5.89. The first-order valence-electron chi connectivity index (χ1n) is 6.26. The van der Waals surface area contributed by atoms with E-state index in [1.165, 1.54) is 0 Å². The van der Waals surface area contributed by atoms with Crippen molar-refractivity contribution >= 4 is 34.4 Å². The number of nitrogens with zero attached hydrogens (tertiary/aromatic N) is 3. The van der Waals surface area contributed by atoms with E-state index in [2.05, 4.69) is 28.4 Å². The van der Waals surface area contributed by atoms with Crippen LogP contribution in [0.5, 0.6) is 0 Å². The Hall–Kier alpha value is -0.800. The second-order valence-corrected chi connectivity index (χ2v) is 5.15. The van der Waals surface area contributed by atoms with Crippen molar-refractivity contribution in [1.29, 1.82) is 0 Å². The molecule has 0 aliphatic heterocycles. The standard InChI is InChI=1S/C13H17Cl2N3/c1-3-9(4-2)8-18-12(6-14)17-11-5-10(15)7-16-13(11)18/h5,7,9H,3-4,6,8H2,1-2H3. The zero-order valence-electron chi connectivity index (χ0n) is 10.7. The molecule has 0 unspecified atom stereocenters. The molecule has 2 rings (SSSR count). The molecular weight excluding hydrogens is 269 g/mol. The van der Waals surface area contributed by atoms with E-state index in [-0.39, 0.29) is 0 Å². The highest BCUT2D eigenvalue weighted by molar-refractivity contribution is 6.31. The van der Waals surface area contributed by atoms with Gasteiger partial charge in [-0.05, 0) is 12.0 Å². The third-order valence-corrected chi connectivity index (χ3v) is 3.79. The number of pyridine rings is 1. The van der Waals surface area contributed by atoms with Crippen LogP contribution in [0.25, 0.3) is 11.2 Å². The summed E-state index contributed by atoms with van der Waals surface area (Å²) in [6.45, 7) is 5.33. The lowest BCUT2D eigenvalue weighted by Crippen LogP contribution is -2.12. The summed E-state index contributed by atoms with van der Waals surface area (Å²) in [5.41, 5.74) is 1.70. The van der Waals surface area contributed by atoms with Gasteiger partial charge in [0.2, 0.25) is 0 Å². The van der Waals surface area contributed by atoms with Gasteiger partial charge in [0.25, 0.3) is 0 Å². The molecule has 98 valence electrons. The summed E-state index contributed by atoms with van der Waals surface area (Å²) in [7, 11) is 0. The number of rotatable bonds is 5. The predicted molar refractivity (Wildman–Crippen MR) is 76.2 cm³/mol. The van der Waals surface area contributed by atoms with E-state index < -0.39 is 0 Å². The molecule has 0 aliphatic carbocycles. The SMILES string of the molecule is CCC(CC)Cn1c(CCl)nc2cc(Cl)cnc21. The lowest BCUT2D eigenvalue weighted by atomic mass is 10.0. The molecule has 0 saturated heterocycles. The molecule has 3 nitrogen and oxygen atoms in total. The molecular formula is C13H17Cl2N3. The average Bonchev–Trinajstić information content (AvgIpc) is 2.72. The summed E-state index contributed by atoms with van der Waals surface area (Å²) >= 11 is 11.9. The van der Waals surface area contributed by atoms with Crippen molar-refractivity contribution < 1.29 is 0 Å². The molecule has 0 N–H and O–H groups in total. The molecule has 0 aliphatic rings. The molecule has 0 fully saturated rings. The second-order valence-electron chi connectivity index (χ2n) is 4.45. The number of imidazole rings is 1. The van der Waals surface area contributed by atoms with E-state index in [0.29, 0.717) is 16.8 Å². The van der Waals surface area contributed by atoms with Gasteiger partial charge in [0.15, 0.2) is 5.65 Å². The van der Waals surface area contributed by atoms with Gasteiger partial charge in [-0.3, -0.25) is 0 Å². The monoisotopic (exact) mass is 285 g/mol. The number of hydrogen-bond acceptors (Lipinski definition) is 2. The van der Waals surface area contributed by atoms with Gasteiger partial charge in [0.1, 0.15) is 11.3 Å². The minimum Gasteiger partial charge on any atom is -0.311 e. The molecule has 5 heteroatoms. The Labute approximate surface area is 117 Å². The normalized spacial score (nSPS) is 11.6. The van der Waals surface area contributed by atoms with E-state index in [0.717, 1.165) is 36.4 Å². The molecule has 2 aromatic rings. The first-order chi connectivity index (χ1) is 8.69. The quantitative estimate of drug-likeness (QED) is 0.769. The van der Waals surface area contributed by atoms with E-state index in [1.54, 1.807) is 6.20 Å². The van der Waals surface area contributed by atoms with Gasteiger partial charge in [-0.1, -0.05) is 38.3 Å². The molecule has 0 bridgehead atoms.